The van der Waals surface area contributed by atoms with Crippen LogP contribution in [0.5, 0.6) is 0 Å². The van der Waals surface area contributed by atoms with Gasteiger partial charge < -0.3 is 4.42 Å². The molecule has 0 aliphatic heterocycles. The van der Waals surface area contributed by atoms with Crippen molar-refractivity contribution in [3.05, 3.63) is 64.5 Å². The first-order valence-electron chi connectivity index (χ1n) is 5.86. The van der Waals surface area contributed by atoms with Crippen molar-refractivity contribution in [3.8, 4) is 0 Å². The van der Waals surface area contributed by atoms with E-state index in [4.69, 9.17) is 4.42 Å². The van der Waals surface area contributed by atoms with Gasteiger partial charge in [-0.25, -0.2) is 0 Å². The molecule has 3 nitrogen and oxygen atoms in total. The number of carbonyl (C=O) groups excluding carboxylic acids is 1. The lowest BCUT2D eigenvalue weighted by Gasteiger charge is -2.03. The van der Waals surface area contributed by atoms with Crippen LogP contribution in [0, 0.1) is 0 Å². The Morgan fingerprint density at radius 1 is 1.05 bits per heavy atom. The molecule has 0 saturated carbocycles. The van der Waals surface area contributed by atoms with E-state index in [-0.39, 0.29) is 5.43 Å². The molecule has 0 aliphatic rings. The Labute approximate surface area is 108 Å². The SMILES string of the molecule is O=C/C=C/c1coc2ccc3ccccc3c2c1=O. The van der Waals surface area contributed by atoms with Crippen molar-refractivity contribution in [2.75, 3.05) is 0 Å². The molecule has 3 rings (SSSR count). The highest BCUT2D eigenvalue weighted by atomic mass is 16.3. The van der Waals surface area contributed by atoms with Crippen LogP contribution in [0.2, 0.25) is 0 Å². The molecule has 19 heavy (non-hydrogen) atoms. The van der Waals surface area contributed by atoms with Crippen LogP contribution in [0.3, 0.4) is 0 Å². The van der Waals surface area contributed by atoms with E-state index in [1.54, 1.807) is 6.07 Å². The van der Waals surface area contributed by atoms with E-state index >= 15 is 0 Å². The topological polar surface area (TPSA) is 47.3 Å². The minimum atomic E-state index is -0.129. The summed E-state index contributed by atoms with van der Waals surface area (Å²) in [6, 6.07) is 11.3. The summed E-state index contributed by atoms with van der Waals surface area (Å²) in [6.45, 7) is 0. The number of hydrogen-bond acceptors (Lipinski definition) is 3. The molecule has 0 aliphatic carbocycles. The predicted molar refractivity (Wildman–Crippen MR) is 75.1 cm³/mol. The van der Waals surface area contributed by atoms with E-state index in [0.717, 1.165) is 10.8 Å². The zero-order valence-corrected chi connectivity index (χ0v) is 10.00. The summed E-state index contributed by atoms with van der Waals surface area (Å²) >= 11 is 0. The fourth-order valence-corrected chi connectivity index (χ4v) is 2.17. The maximum atomic E-state index is 12.4. The van der Waals surface area contributed by atoms with Gasteiger partial charge in [0.05, 0.1) is 10.9 Å². The number of rotatable bonds is 2. The lowest BCUT2D eigenvalue weighted by Crippen LogP contribution is -2.05. The summed E-state index contributed by atoms with van der Waals surface area (Å²) < 4.78 is 5.46. The minimum absolute atomic E-state index is 0.129. The quantitative estimate of drug-likeness (QED) is 0.399. The van der Waals surface area contributed by atoms with Crippen molar-refractivity contribution >= 4 is 34.1 Å². The summed E-state index contributed by atoms with van der Waals surface area (Å²) in [5, 5.41) is 2.39. The summed E-state index contributed by atoms with van der Waals surface area (Å²) in [6.07, 6.45) is 4.75. The number of benzene rings is 2. The second kappa shape index (κ2) is 4.53. The number of carbonyl (C=O) groups is 1. The molecule has 0 saturated heterocycles. The molecule has 0 unspecified atom stereocenters. The molecule has 0 bridgehead atoms. The summed E-state index contributed by atoms with van der Waals surface area (Å²) in [7, 11) is 0. The first kappa shape index (κ1) is 11.4. The third kappa shape index (κ3) is 1.85. The maximum absolute atomic E-state index is 12.4. The molecule has 3 heteroatoms. The molecular weight excluding hydrogens is 240 g/mol. The second-order valence-corrected chi connectivity index (χ2v) is 4.18. The Bertz CT molecular complexity index is 857. The van der Waals surface area contributed by atoms with Gasteiger partial charge in [-0.1, -0.05) is 30.3 Å². The Kier molecular flexibility index (Phi) is 2.72. The monoisotopic (exact) mass is 250 g/mol. The van der Waals surface area contributed by atoms with Crippen LogP contribution in [0.4, 0.5) is 0 Å². The molecule has 1 heterocycles. The van der Waals surface area contributed by atoms with Crippen LogP contribution in [0.15, 0.2) is 57.9 Å². The molecule has 3 aromatic rings. The third-order valence-electron chi connectivity index (χ3n) is 3.05. The van der Waals surface area contributed by atoms with Crippen molar-refractivity contribution in [1.82, 2.24) is 0 Å². The standard InChI is InChI=1S/C16H10O3/c17-9-3-5-12-10-19-14-8-7-11-4-1-2-6-13(11)15(14)16(12)18/h1-10H/b5-3+. The van der Waals surface area contributed by atoms with Gasteiger partial charge in [-0.3, -0.25) is 9.59 Å². The van der Waals surface area contributed by atoms with Gasteiger partial charge in [0.15, 0.2) is 0 Å². The highest BCUT2D eigenvalue weighted by molar-refractivity contribution is 6.05. The van der Waals surface area contributed by atoms with Gasteiger partial charge in [0.25, 0.3) is 0 Å². The van der Waals surface area contributed by atoms with E-state index in [9.17, 15) is 9.59 Å². The van der Waals surface area contributed by atoms with E-state index in [0.29, 0.717) is 22.8 Å². The zero-order chi connectivity index (χ0) is 13.2. The smallest absolute Gasteiger partial charge is 0.200 e. The molecular formula is C16H10O3. The van der Waals surface area contributed by atoms with Crippen LogP contribution in [0.1, 0.15) is 5.56 Å². The number of aldehydes is 1. The summed E-state index contributed by atoms with van der Waals surface area (Å²) in [4.78, 5) is 22.8. The molecule has 0 spiro atoms. The molecule has 0 fully saturated rings. The Balaban J connectivity index is 2.46. The van der Waals surface area contributed by atoms with Gasteiger partial charge in [0.2, 0.25) is 5.43 Å². The Hall–Kier alpha value is -2.68. The van der Waals surface area contributed by atoms with Crippen LogP contribution in [0.25, 0.3) is 27.8 Å². The molecule has 1 aromatic heterocycles. The van der Waals surface area contributed by atoms with Gasteiger partial charge in [0.1, 0.15) is 18.1 Å². The summed E-state index contributed by atoms with van der Waals surface area (Å²) in [5.41, 5.74) is 0.791. The first-order chi connectivity index (χ1) is 9.31. The normalized spacial score (nSPS) is 11.4. The zero-order valence-electron chi connectivity index (χ0n) is 10.00. The van der Waals surface area contributed by atoms with Crippen molar-refractivity contribution in [1.29, 1.82) is 0 Å². The molecule has 0 amide bonds. The highest BCUT2D eigenvalue weighted by Gasteiger charge is 2.08. The highest BCUT2D eigenvalue weighted by Crippen LogP contribution is 2.23. The lowest BCUT2D eigenvalue weighted by atomic mass is 10.0. The molecule has 2 aromatic carbocycles. The first-order valence-corrected chi connectivity index (χ1v) is 5.86. The van der Waals surface area contributed by atoms with Crippen molar-refractivity contribution in [2.45, 2.75) is 0 Å². The minimum Gasteiger partial charge on any atom is -0.463 e. The predicted octanol–water partition coefficient (Wildman–Crippen LogP) is 3.16. The van der Waals surface area contributed by atoms with Crippen LogP contribution < -0.4 is 5.43 Å². The average Bonchev–Trinajstić information content (AvgIpc) is 2.46. The molecule has 0 radical (unpaired) electrons. The van der Waals surface area contributed by atoms with Crippen LogP contribution in [-0.2, 0) is 4.79 Å². The molecule has 0 N–H and O–H groups in total. The summed E-state index contributed by atoms with van der Waals surface area (Å²) in [5.74, 6) is 0. The Morgan fingerprint density at radius 3 is 2.74 bits per heavy atom. The van der Waals surface area contributed by atoms with Gasteiger partial charge in [0, 0.05) is 0 Å². The maximum Gasteiger partial charge on any atom is 0.200 e. The van der Waals surface area contributed by atoms with Crippen molar-refractivity contribution < 1.29 is 9.21 Å². The van der Waals surface area contributed by atoms with Gasteiger partial charge in [-0.2, -0.15) is 0 Å². The number of fused-ring (bicyclic) bond motifs is 3. The van der Waals surface area contributed by atoms with E-state index in [1.165, 1.54) is 18.4 Å². The average molecular weight is 250 g/mol. The van der Waals surface area contributed by atoms with E-state index < -0.39 is 0 Å². The third-order valence-corrected chi connectivity index (χ3v) is 3.05. The number of hydrogen-bond donors (Lipinski definition) is 0. The van der Waals surface area contributed by atoms with Crippen molar-refractivity contribution in [2.24, 2.45) is 0 Å². The number of allylic oxidation sites excluding steroid dienone is 1. The molecule has 92 valence electrons. The van der Waals surface area contributed by atoms with E-state index in [1.807, 2.05) is 30.3 Å². The Morgan fingerprint density at radius 2 is 1.89 bits per heavy atom. The van der Waals surface area contributed by atoms with Gasteiger partial charge in [-0.15, -0.1) is 0 Å². The fourth-order valence-electron chi connectivity index (χ4n) is 2.17. The van der Waals surface area contributed by atoms with E-state index in [2.05, 4.69) is 0 Å². The largest absolute Gasteiger partial charge is 0.463 e. The van der Waals surface area contributed by atoms with Crippen molar-refractivity contribution in [3.63, 3.8) is 0 Å². The molecule has 0 atom stereocenters. The van der Waals surface area contributed by atoms with Gasteiger partial charge in [-0.05, 0) is 29.0 Å². The fraction of sp³-hybridized carbons (Fsp3) is 0. The van der Waals surface area contributed by atoms with Gasteiger partial charge >= 0.3 is 0 Å². The lowest BCUT2D eigenvalue weighted by molar-refractivity contribution is -0.104. The second-order valence-electron chi connectivity index (χ2n) is 4.18. The van der Waals surface area contributed by atoms with Crippen LogP contribution in [-0.4, -0.2) is 6.29 Å². The van der Waals surface area contributed by atoms with Crippen LogP contribution >= 0.6 is 0 Å².